The number of anilines is 1. The first kappa shape index (κ1) is 28.1. The number of rotatable bonds is 4. The summed E-state index contributed by atoms with van der Waals surface area (Å²) in [6, 6.07) is 2.54. The van der Waals surface area contributed by atoms with Crippen LogP contribution >= 0.6 is 0 Å². The van der Waals surface area contributed by atoms with Crippen LogP contribution in [-0.4, -0.2) is 59.6 Å². The minimum atomic E-state index is -5.05. The molecule has 1 unspecified atom stereocenters. The Balaban J connectivity index is 2.00. The normalized spacial score (nSPS) is 17.5. The van der Waals surface area contributed by atoms with E-state index in [1.165, 1.54) is 32.2 Å². The van der Waals surface area contributed by atoms with Crippen LogP contribution in [0.15, 0.2) is 36.4 Å². The second-order valence-electron chi connectivity index (χ2n) is 8.83. The summed E-state index contributed by atoms with van der Waals surface area (Å²) in [5.41, 5.74) is -2.51. The van der Waals surface area contributed by atoms with Crippen LogP contribution < -0.4 is 4.90 Å². The zero-order chi connectivity index (χ0) is 27.9. The van der Waals surface area contributed by atoms with Crippen molar-refractivity contribution in [2.75, 3.05) is 31.6 Å². The van der Waals surface area contributed by atoms with E-state index in [1.807, 2.05) is 0 Å². The Morgan fingerprint density at radius 3 is 2.05 bits per heavy atom. The monoisotopic (exact) mass is 535 g/mol. The molecule has 1 aliphatic heterocycles. The number of halogens is 7. The van der Waals surface area contributed by atoms with Gasteiger partial charge in [-0.15, -0.1) is 0 Å². The van der Waals surface area contributed by atoms with Gasteiger partial charge in [0.25, 0.3) is 0 Å². The third-order valence-electron chi connectivity index (χ3n) is 6.43. The molecule has 0 saturated carbocycles. The largest absolute Gasteiger partial charge is 0.465 e. The van der Waals surface area contributed by atoms with Crippen molar-refractivity contribution in [2.24, 2.45) is 0 Å². The van der Waals surface area contributed by atoms with Crippen molar-refractivity contribution in [1.82, 2.24) is 9.80 Å². The van der Waals surface area contributed by atoms with E-state index in [4.69, 9.17) is 0 Å². The summed E-state index contributed by atoms with van der Waals surface area (Å²) in [7, 11) is 1.22. The second-order valence-corrected chi connectivity index (χ2v) is 8.83. The molecule has 1 aliphatic rings. The molecule has 1 heterocycles. The summed E-state index contributed by atoms with van der Waals surface area (Å²) in [5.74, 6) is -1.25. The Labute approximate surface area is 207 Å². The van der Waals surface area contributed by atoms with Crippen LogP contribution in [0.25, 0.3) is 0 Å². The van der Waals surface area contributed by atoms with E-state index in [1.54, 1.807) is 11.8 Å². The van der Waals surface area contributed by atoms with Crippen molar-refractivity contribution in [3.05, 3.63) is 64.5 Å². The SMILES string of the molecule is Cc1cc(F)ccc1N1CCN(C(=O)O)CC1C(=O)N(C)[C@H](C)c1cc(C(F)(F)F)cc(C(F)(F)F)c1. The topological polar surface area (TPSA) is 64.1 Å². The Morgan fingerprint density at radius 1 is 1.00 bits per heavy atom. The number of hydrogen-bond donors (Lipinski definition) is 1. The minimum absolute atomic E-state index is 0.00294. The molecule has 2 atom stereocenters. The van der Waals surface area contributed by atoms with E-state index >= 15 is 0 Å². The highest BCUT2D eigenvalue weighted by Crippen LogP contribution is 2.38. The highest BCUT2D eigenvalue weighted by atomic mass is 19.4. The van der Waals surface area contributed by atoms with E-state index in [2.05, 4.69) is 0 Å². The number of hydrogen-bond acceptors (Lipinski definition) is 3. The van der Waals surface area contributed by atoms with Crippen LogP contribution in [0.5, 0.6) is 0 Å². The van der Waals surface area contributed by atoms with Crippen molar-refractivity contribution in [2.45, 2.75) is 38.3 Å². The summed E-state index contributed by atoms with van der Waals surface area (Å²) < 4.78 is 93.6. The van der Waals surface area contributed by atoms with Crippen molar-refractivity contribution in [3.8, 4) is 0 Å². The molecule has 0 spiro atoms. The first-order chi connectivity index (χ1) is 17.0. The molecule has 202 valence electrons. The molecule has 3 rings (SSSR count). The number of aryl methyl sites for hydroxylation is 1. The Kier molecular flexibility index (Phi) is 7.66. The molecule has 1 fully saturated rings. The maximum absolute atomic E-state index is 13.7. The third kappa shape index (κ3) is 6.08. The van der Waals surface area contributed by atoms with Gasteiger partial charge in [-0.3, -0.25) is 4.79 Å². The Bertz CT molecular complexity index is 1150. The smallest absolute Gasteiger partial charge is 0.416 e. The second kappa shape index (κ2) is 10.1. The van der Waals surface area contributed by atoms with Gasteiger partial charge < -0.3 is 19.8 Å². The van der Waals surface area contributed by atoms with Crippen LogP contribution in [0.2, 0.25) is 0 Å². The molecule has 37 heavy (non-hydrogen) atoms. The maximum atomic E-state index is 13.7. The Morgan fingerprint density at radius 2 is 1.57 bits per heavy atom. The van der Waals surface area contributed by atoms with Gasteiger partial charge in [-0.05, 0) is 61.4 Å². The number of carbonyl (C=O) groups is 2. The van der Waals surface area contributed by atoms with Crippen LogP contribution in [0.4, 0.5) is 41.2 Å². The molecule has 6 nitrogen and oxygen atoms in total. The summed E-state index contributed by atoms with van der Waals surface area (Å²) in [6.07, 6.45) is -11.4. The van der Waals surface area contributed by atoms with Gasteiger partial charge in [-0.25, -0.2) is 9.18 Å². The van der Waals surface area contributed by atoms with Crippen LogP contribution in [0.1, 0.15) is 35.2 Å². The van der Waals surface area contributed by atoms with Gasteiger partial charge in [0, 0.05) is 25.8 Å². The third-order valence-corrected chi connectivity index (χ3v) is 6.43. The van der Waals surface area contributed by atoms with Crippen molar-refractivity contribution < 1.29 is 45.4 Å². The fraction of sp³-hybridized carbons (Fsp3) is 0.417. The molecule has 0 aliphatic carbocycles. The fourth-order valence-corrected chi connectivity index (χ4v) is 4.27. The van der Waals surface area contributed by atoms with E-state index in [0.717, 1.165) is 9.80 Å². The Hall–Kier alpha value is -3.51. The van der Waals surface area contributed by atoms with Gasteiger partial charge in [-0.1, -0.05) is 0 Å². The number of piperazine rings is 1. The summed E-state index contributed by atoms with van der Waals surface area (Å²) in [6.45, 7) is 2.64. The average molecular weight is 535 g/mol. The van der Waals surface area contributed by atoms with Crippen LogP contribution in [0.3, 0.4) is 0 Å². The number of benzene rings is 2. The standard InChI is InChI=1S/C24H24F7N3O3/c1-13-8-18(25)4-5-19(13)34-7-6-33(22(36)37)12-20(34)21(35)32(3)14(2)15-9-16(23(26,27)28)11-17(10-15)24(29,30)31/h4-5,8-11,14,20H,6-7,12H2,1-3H3,(H,36,37)/t14-,20?/m1/s1. The average Bonchev–Trinajstić information content (AvgIpc) is 2.81. The molecular weight excluding hydrogens is 511 g/mol. The maximum Gasteiger partial charge on any atom is 0.416 e. The molecule has 1 N–H and O–H groups in total. The molecule has 2 amide bonds. The number of carbonyl (C=O) groups excluding carboxylic acids is 1. The minimum Gasteiger partial charge on any atom is -0.465 e. The number of nitrogens with zero attached hydrogens (tertiary/aromatic N) is 3. The van der Waals surface area contributed by atoms with Gasteiger partial charge in [0.2, 0.25) is 5.91 Å². The lowest BCUT2D eigenvalue weighted by molar-refractivity contribution is -0.143. The molecule has 0 radical (unpaired) electrons. The van der Waals surface area contributed by atoms with Gasteiger partial charge in [-0.2, -0.15) is 26.3 Å². The summed E-state index contributed by atoms with van der Waals surface area (Å²) in [5, 5.41) is 9.44. The highest BCUT2D eigenvalue weighted by Gasteiger charge is 2.40. The molecule has 0 aromatic heterocycles. The van der Waals surface area contributed by atoms with E-state index in [0.29, 0.717) is 23.4 Å². The van der Waals surface area contributed by atoms with Gasteiger partial charge in [0.15, 0.2) is 0 Å². The molecule has 0 bridgehead atoms. The number of alkyl halides is 6. The highest BCUT2D eigenvalue weighted by molar-refractivity contribution is 5.87. The van der Waals surface area contributed by atoms with Crippen molar-refractivity contribution >= 4 is 17.7 Å². The van der Waals surface area contributed by atoms with Crippen molar-refractivity contribution in [3.63, 3.8) is 0 Å². The number of amides is 2. The first-order valence-corrected chi connectivity index (χ1v) is 11.1. The van der Waals surface area contributed by atoms with Crippen LogP contribution in [-0.2, 0) is 17.1 Å². The molecule has 2 aromatic rings. The lowest BCUT2D eigenvalue weighted by Gasteiger charge is -2.43. The molecule has 2 aromatic carbocycles. The lowest BCUT2D eigenvalue weighted by Crippen LogP contribution is -2.60. The summed E-state index contributed by atoms with van der Waals surface area (Å²) in [4.78, 5) is 28.7. The molecule has 1 saturated heterocycles. The van der Waals surface area contributed by atoms with E-state index in [-0.39, 0.29) is 25.7 Å². The lowest BCUT2D eigenvalue weighted by atomic mass is 9.98. The van der Waals surface area contributed by atoms with E-state index < -0.39 is 58.9 Å². The zero-order valence-corrected chi connectivity index (χ0v) is 20.0. The predicted molar refractivity (Wildman–Crippen MR) is 119 cm³/mol. The number of carboxylic acid groups (broad SMARTS) is 1. The van der Waals surface area contributed by atoms with Gasteiger partial charge in [0.1, 0.15) is 11.9 Å². The van der Waals surface area contributed by atoms with E-state index in [9.17, 15) is 45.4 Å². The number of likely N-dealkylation sites (N-methyl/N-ethyl adjacent to an activating group) is 1. The van der Waals surface area contributed by atoms with Crippen molar-refractivity contribution in [1.29, 1.82) is 0 Å². The fourth-order valence-electron chi connectivity index (χ4n) is 4.27. The molecular formula is C24H24F7N3O3. The predicted octanol–water partition coefficient (Wildman–Crippen LogP) is 5.56. The zero-order valence-electron chi connectivity index (χ0n) is 20.0. The van der Waals surface area contributed by atoms with Crippen LogP contribution in [0, 0.1) is 12.7 Å². The molecule has 13 heteroatoms. The quantitative estimate of drug-likeness (QED) is 0.521. The van der Waals surface area contributed by atoms with Gasteiger partial charge >= 0.3 is 18.4 Å². The van der Waals surface area contributed by atoms with Gasteiger partial charge in [0.05, 0.1) is 23.7 Å². The first-order valence-electron chi connectivity index (χ1n) is 11.1. The summed E-state index contributed by atoms with van der Waals surface area (Å²) >= 11 is 0.